The number of benzene rings is 1. The second-order valence-corrected chi connectivity index (χ2v) is 5.51. The molecule has 104 valence electrons. The standard InChI is InChI=1S/C12H8Cl2N2O3S/c1-6-15-16-12(19-6)20-10(11(17)18)4-7-2-3-8(13)5-9(7)14/h2-5H,1H3,(H,17,18)/b10-4-. The van der Waals surface area contributed by atoms with Crippen LogP contribution in [-0.2, 0) is 4.79 Å². The molecule has 0 fully saturated rings. The molecule has 8 heteroatoms. The van der Waals surface area contributed by atoms with E-state index in [9.17, 15) is 9.90 Å². The van der Waals surface area contributed by atoms with Crippen molar-refractivity contribution in [1.82, 2.24) is 10.2 Å². The number of thioether (sulfide) groups is 1. The van der Waals surface area contributed by atoms with E-state index in [0.717, 1.165) is 11.8 Å². The topological polar surface area (TPSA) is 76.2 Å². The Morgan fingerprint density at radius 3 is 2.70 bits per heavy atom. The van der Waals surface area contributed by atoms with Crippen LogP contribution in [0.4, 0.5) is 0 Å². The van der Waals surface area contributed by atoms with E-state index in [1.807, 2.05) is 0 Å². The van der Waals surface area contributed by atoms with Gasteiger partial charge in [-0.25, -0.2) is 4.79 Å². The van der Waals surface area contributed by atoms with Crippen molar-refractivity contribution >= 4 is 47.0 Å². The zero-order valence-electron chi connectivity index (χ0n) is 10.1. The Bertz CT molecular complexity index is 685. The molecule has 0 radical (unpaired) electrons. The summed E-state index contributed by atoms with van der Waals surface area (Å²) in [7, 11) is 0. The normalized spacial score (nSPS) is 11.7. The maximum absolute atomic E-state index is 11.2. The molecule has 0 spiro atoms. The molecule has 0 saturated heterocycles. The van der Waals surface area contributed by atoms with Crippen LogP contribution in [-0.4, -0.2) is 21.3 Å². The quantitative estimate of drug-likeness (QED) is 0.676. The highest BCUT2D eigenvalue weighted by Gasteiger charge is 2.15. The fourth-order valence-corrected chi connectivity index (χ4v) is 2.48. The van der Waals surface area contributed by atoms with Crippen LogP contribution in [0.3, 0.4) is 0 Å². The number of aromatic nitrogens is 2. The maximum atomic E-state index is 11.2. The second kappa shape index (κ2) is 6.30. The van der Waals surface area contributed by atoms with Crippen LogP contribution in [0, 0.1) is 6.92 Å². The zero-order valence-corrected chi connectivity index (χ0v) is 12.5. The Balaban J connectivity index is 2.32. The number of carboxylic acids is 1. The summed E-state index contributed by atoms with van der Waals surface area (Å²) in [5.74, 6) is -0.751. The molecule has 1 N–H and O–H groups in total. The number of hydrogen-bond donors (Lipinski definition) is 1. The van der Waals surface area contributed by atoms with Gasteiger partial charge in [-0.1, -0.05) is 29.3 Å². The Morgan fingerprint density at radius 2 is 2.15 bits per heavy atom. The largest absolute Gasteiger partial charge is 0.477 e. The van der Waals surface area contributed by atoms with Gasteiger partial charge in [0.2, 0.25) is 5.89 Å². The minimum Gasteiger partial charge on any atom is -0.477 e. The number of carbonyl (C=O) groups is 1. The fraction of sp³-hybridized carbons (Fsp3) is 0.0833. The van der Waals surface area contributed by atoms with Gasteiger partial charge in [0.25, 0.3) is 5.22 Å². The summed E-state index contributed by atoms with van der Waals surface area (Å²) in [5, 5.41) is 17.6. The van der Waals surface area contributed by atoms with Gasteiger partial charge in [-0.3, -0.25) is 0 Å². The van der Waals surface area contributed by atoms with Gasteiger partial charge >= 0.3 is 5.97 Å². The lowest BCUT2D eigenvalue weighted by Crippen LogP contribution is -1.97. The molecule has 0 aliphatic carbocycles. The Kier molecular flexibility index (Phi) is 4.69. The van der Waals surface area contributed by atoms with Crippen LogP contribution in [0.5, 0.6) is 0 Å². The van der Waals surface area contributed by atoms with Crippen molar-refractivity contribution in [3.8, 4) is 0 Å². The predicted octanol–water partition coefficient (Wildman–Crippen LogP) is 3.90. The molecule has 0 atom stereocenters. The highest BCUT2D eigenvalue weighted by molar-refractivity contribution is 8.03. The molecule has 20 heavy (non-hydrogen) atoms. The molecule has 1 heterocycles. The van der Waals surface area contributed by atoms with Crippen molar-refractivity contribution in [3.63, 3.8) is 0 Å². The van der Waals surface area contributed by atoms with Crippen molar-refractivity contribution in [2.24, 2.45) is 0 Å². The average Bonchev–Trinajstić information content (AvgIpc) is 2.77. The Hall–Kier alpha value is -1.50. The molecule has 0 saturated carbocycles. The van der Waals surface area contributed by atoms with Crippen molar-refractivity contribution < 1.29 is 14.3 Å². The molecular formula is C12H8Cl2N2O3S. The summed E-state index contributed by atoms with van der Waals surface area (Å²) in [5.41, 5.74) is 0.539. The molecule has 1 aromatic carbocycles. The Labute approximate surface area is 128 Å². The van der Waals surface area contributed by atoms with Crippen LogP contribution in [0.1, 0.15) is 11.5 Å². The fourth-order valence-electron chi connectivity index (χ4n) is 1.31. The summed E-state index contributed by atoms with van der Waals surface area (Å²) in [6.45, 7) is 1.62. The first-order chi connectivity index (χ1) is 9.45. The Morgan fingerprint density at radius 1 is 1.40 bits per heavy atom. The molecule has 0 aliphatic heterocycles. The van der Waals surface area contributed by atoms with Gasteiger partial charge in [-0.2, -0.15) is 0 Å². The number of nitrogens with zero attached hydrogens (tertiary/aromatic N) is 2. The van der Waals surface area contributed by atoms with Crippen molar-refractivity contribution in [2.45, 2.75) is 12.1 Å². The number of carboxylic acid groups (broad SMARTS) is 1. The maximum Gasteiger partial charge on any atom is 0.342 e. The smallest absolute Gasteiger partial charge is 0.342 e. The first kappa shape index (κ1) is 14.9. The molecule has 0 bridgehead atoms. The van der Waals surface area contributed by atoms with Gasteiger partial charge in [-0.15, -0.1) is 10.2 Å². The van der Waals surface area contributed by atoms with Gasteiger partial charge in [0.1, 0.15) is 4.91 Å². The highest BCUT2D eigenvalue weighted by atomic mass is 35.5. The highest BCUT2D eigenvalue weighted by Crippen LogP contribution is 2.30. The molecule has 0 amide bonds. The SMILES string of the molecule is Cc1nnc(S/C(=C\c2ccc(Cl)cc2Cl)C(=O)O)o1. The third-order valence-corrected chi connectivity index (χ3v) is 3.58. The number of aryl methyl sites for hydroxylation is 1. The van der Waals surface area contributed by atoms with Crippen LogP contribution < -0.4 is 0 Å². The molecule has 1 aromatic heterocycles. The first-order valence-corrected chi connectivity index (χ1v) is 6.91. The summed E-state index contributed by atoms with van der Waals surface area (Å²) >= 11 is 12.6. The third kappa shape index (κ3) is 3.75. The average molecular weight is 331 g/mol. The van der Waals surface area contributed by atoms with E-state index in [0.29, 0.717) is 21.5 Å². The van der Waals surface area contributed by atoms with Crippen LogP contribution >= 0.6 is 35.0 Å². The molecular weight excluding hydrogens is 323 g/mol. The predicted molar refractivity (Wildman–Crippen MR) is 77.0 cm³/mol. The van der Waals surface area contributed by atoms with Gasteiger partial charge in [-0.05, 0) is 35.5 Å². The van der Waals surface area contributed by atoms with E-state index in [1.54, 1.807) is 19.1 Å². The number of halogens is 2. The van der Waals surface area contributed by atoms with Crippen molar-refractivity contribution in [2.75, 3.05) is 0 Å². The number of hydrogen-bond acceptors (Lipinski definition) is 5. The van der Waals surface area contributed by atoms with Crippen LogP contribution in [0.15, 0.2) is 32.7 Å². The van der Waals surface area contributed by atoms with E-state index >= 15 is 0 Å². The summed E-state index contributed by atoms with van der Waals surface area (Å²) < 4.78 is 5.13. The third-order valence-electron chi connectivity index (χ3n) is 2.16. The van der Waals surface area contributed by atoms with Crippen molar-refractivity contribution in [3.05, 3.63) is 44.6 Å². The zero-order chi connectivity index (χ0) is 14.7. The van der Waals surface area contributed by atoms with Gasteiger partial charge in [0.05, 0.1) is 0 Å². The van der Waals surface area contributed by atoms with Gasteiger partial charge in [0, 0.05) is 17.0 Å². The van der Waals surface area contributed by atoms with E-state index in [2.05, 4.69) is 10.2 Å². The minimum atomic E-state index is -1.11. The van der Waals surface area contributed by atoms with Crippen LogP contribution in [0.2, 0.25) is 10.0 Å². The van der Waals surface area contributed by atoms with Crippen molar-refractivity contribution in [1.29, 1.82) is 0 Å². The molecule has 5 nitrogen and oxygen atoms in total. The summed E-state index contributed by atoms with van der Waals surface area (Å²) in [6.07, 6.45) is 1.42. The lowest BCUT2D eigenvalue weighted by molar-refractivity contribution is -0.131. The second-order valence-electron chi connectivity index (χ2n) is 3.67. The minimum absolute atomic E-state index is 0.0119. The van der Waals surface area contributed by atoms with Crippen LogP contribution in [0.25, 0.3) is 6.08 Å². The number of rotatable bonds is 4. The molecule has 2 aromatic rings. The molecule has 0 aliphatic rings. The van der Waals surface area contributed by atoms with Gasteiger partial charge < -0.3 is 9.52 Å². The lowest BCUT2D eigenvalue weighted by Gasteiger charge is -2.02. The first-order valence-electron chi connectivity index (χ1n) is 5.33. The van der Waals surface area contributed by atoms with E-state index in [-0.39, 0.29) is 10.1 Å². The summed E-state index contributed by atoms with van der Waals surface area (Å²) in [4.78, 5) is 11.3. The van der Waals surface area contributed by atoms with E-state index in [1.165, 1.54) is 12.1 Å². The van der Waals surface area contributed by atoms with E-state index < -0.39 is 5.97 Å². The molecule has 2 rings (SSSR count). The van der Waals surface area contributed by atoms with E-state index in [4.69, 9.17) is 27.6 Å². The molecule has 0 unspecified atom stereocenters. The monoisotopic (exact) mass is 330 g/mol. The number of aliphatic carboxylic acids is 1. The lowest BCUT2D eigenvalue weighted by atomic mass is 10.2. The van der Waals surface area contributed by atoms with Gasteiger partial charge in [0.15, 0.2) is 0 Å². The summed E-state index contributed by atoms with van der Waals surface area (Å²) in [6, 6.07) is 4.80.